The third-order valence-corrected chi connectivity index (χ3v) is 5.95. The lowest BCUT2D eigenvalue weighted by molar-refractivity contribution is 0.479. The molecular weight excluding hydrogens is 471 g/mol. The molecule has 0 atom stereocenters. The van der Waals surface area contributed by atoms with Crippen LogP contribution < -0.4 is 4.74 Å². The average Bonchev–Trinajstić information content (AvgIpc) is 2.36. The zero-order valence-electron chi connectivity index (χ0n) is 8.68. The van der Waals surface area contributed by atoms with Crippen LogP contribution in [0.25, 0.3) is 0 Å². The molecule has 2 aromatic carbocycles. The van der Waals surface area contributed by atoms with E-state index in [0.29, 0.717) is 21.5 Å². The van der Waals surface area contributed by atoms with Crippen LogP contribution in [0.1, 0.15) is 0 Å². The highest BCUT2D eigenvalue weighted by atomic mass is 79.9. The molecule has 0 N–H and O–H groups in total. The molecule has 0 amide bonds. The SMILES string of the molecule is Clc1ccc(Oc2cc(Br)c(Cl)c(Br)c2Br)cc1. The Morgan fingerprint density at radius 2 is 1.50 bits per heavy atom. The Bertz CT molecular complexity index is 585. The standard InChI is InChI=1S/C12H5Br3Cl2O/c13-8-5-9(10(14)11(15)12(8)17)18-7-3-1-6(16)2-4-7/h1-5H. The van der Waals surface area contributed by atoms with Crippen LogP contribution in [0, 0.1) is 0 Å². The van der Waals surface area contributed by atoms with Crippen molar-refractivity contribution in [2.75, 3.05) is 0 Å². The molecule has 2 aromatic rings. The van der Waals surface area contributed by atoms with Crippen LogP contribution in [0.3, 0.4) is 0 Å². The van der Waals surface area contributed by atoms with E-state index in [4.69, 9.17) is 27.9 Å². The maximum atomic E-state index is 6.08. The third kappa shape index (κ3) is 3.23. The summed E-state index contributed by atoms with van der Waals surface area (Å²) in [5.74, 6) is 1.35. The normalized spacial score (nSPS) is 10.5. The van der Waals surface area contributed by atoms with Gasteiger partial charge in [0.1, 0.15) is 11.5 Å². The lowest BCUT2D eigenvalue weighted by Gasteiger charge is -2.11. The van der Waals surface area contributed by atoms with E-state index in [-0.39, 0.29) is 0 Å². The molecule has 0 aliphatic carbocycles. The van der Waals surface area contributed by atoms with Gasteiger partial charge < -0.3 is 4.74 Å². The highest BCUT2D eigenvalue weighted by Crippen LogP contribution is 2.43. The first-order chi connectivity index (χ1) is 8.49. The van der Waals surface area contributed by atoms with Crippen molar-refractivity contribution < 1.29 is 4.74 Å². The fraction of sp³-hybridized carbons (Fsp3) is 0. The maximum absolute atomic E-state index is 6.08. The van der Waals surface area contributed by atoms with E-state index in [2.05, 4.69) is 47.8 Å². The smallest absolute Gasteiger partial charge is 0.143 e. The quantitative estimate of drug-likeness (QED) is 0.333. The summed E-state index contributed by atoms with van der Waals surface area (Å²) in [7, 11) is 0. The molecule has 6 heteroatoms. The van der Waals surface area contributed by atoms with Gasteiger partial charge in [-0.15, -0.1) is 0 Å². The van der Waals surface area contributed by atoms with E-state index >= 15 is 0 Å². The molecule has 18 heavy (non-hydrogen) atoms. The molecule has 0 radical (unpaired) electrons. The first-order valence-corrected chi connectivity index (χ1v) is 7.89. The molecule has 1 nitrogen and oxygen atoms in total. The highest BCUT2D eigenvalue weighted by molar-refractivity contribution is 9.13. The molecule has 0 unspecified atom stereocenters. The van der Waals surface area contributed by atoms with Crippen LogP contribution in [-0.2, 0) is 0 Å². The second-order valence-corrected chi connectivity index (χ2v) is 6.61. The minimum Gasteiger partial charge on any atom is -0.456 e. The molecule has 0 heterocycles. The van der Waals surface area contributed by atoms with E-state index in [0.717, 1.165) is 13.4 Å². The predicted molar refractivity (Wildman–Crippen MR) is 86.1 cm³/mol. The van der Waals surface area contributed by atoms with Gasteiger partial charge in [-0.25, -0.2) is 0 Å². The van der Waals surface area contributed by atoms with E-state index in [1.54, 1.807) is 30.3 Å². The monoisotopic (exact) mass is 472 g/mol. The van der Waals surface area contributed by atoms with Gasteiger partial charge in [0.25, 0.3) is 0 Å². The van der Waals surface area contributed by atoms with E-state index < -0.39 is 0 Å². The van der Waals surface area contributed by atoms with Crippen molar-refractivity contribution in [3.63, 3.8) is 0 Å². The molecule has 0 saturated heterocycles. The molecule has 0 aliphatic heterocycles. The second kappa shape index (κ2) is 6.14. The number of hydrogen-bond donors (Lipinski definition) is 0. The molecule has 2 rings (SSSR count). The summed E-state index contributed by atoms with van der Waals surface area (Å²) in [5.41, 5.74) is 0. The molecule has 0 spiro atoms. The van der Waals surface area contributed by atoms with Gasteiger partial charge in [-0.2, -0.15) is 0 Å². The number of hydrogen-bond acceptors (Lipinski definition) is 1. The predicted octanol–water partition coefficient (Wildman–Crippen LogP) is 7.07. The molecular formula is C12H5Br3Cl2O. The summed E-state index contributed by atoms with van der Waals surface area (Å²) < 4.78 is 8.00. The minimum atomic E-state index is 0.588. The molecule has 0 aromatic heterocycles. The summed E-state index contributed by atoms with van der Waals surface area (Å²) in [5, 5.41) is 1.25. The Labute approximate surface area is 140 Å². The average molecular weight is 476 g/mol. The lowest BCUT2D eigenvalue weighted by Crippen LogP contribution is -1.87. The van der Waals surface area contributed by atoms with E-state index in [1.165, 1.54) is 0 Å². The molecule has 0 fully saturated rings. The van der Waals surface area contributed by atoms with Crippen LogP contribution in [-0.4, -0.2) is 0 Å². The minimum absolute atomic E-state index is 0.588. The van der Waals surface area contributed by atoms with Crippen molar-refractivity contribution in [3.8, 4) is 11.5 Å². The lowest BCUT2D eigenvalue weighted by atomic mass is 10.3. The Morgan fingerprint density at radius 1 is 0.889 bits per heavy atom. The van der Waals surface area contributed by atoms with Gasteiger partial charge in [0.15, 0.2) is 0 Å². The Kier molecular flexibility index (Phi) is 5.00. The summed E-state index contributed by atoms with van der Waals surface area (Å²) in [6.07, 6.45) is 0. The largest absolute Gasteiger partial charge is 0.456 e. The Hall–Kier alpha value is 0.260. The third-order valence-electron chi connectivity index (χ3n) is 2.11. The summed E-state index contributed by atoms with van der Waals surface area (Å²) >= 11 is 22.1. The van der Waals surface area contributed by atoms with Crippen molar-refractivity contribution in [3.05, 3.63) is 53.8 Å². The second-order valence-electron chi connectivity index (χ2n) is 3.35. The number of rotatable bonds is 2. The number of ether oxygens (including phenoxy) is 1. The summed E-state index contributed by atoms with van der Waals surface area (Å²) in [6, 6.07) is 8.93. The van der Waals surface area contributed by atoms with Crippen LogP contribution >= 0.6 is 71.0 Å². The number of benzene rings is 2. The molecule has 94 valence electrons. The van der Waals surface area contributed by atoms with Crippen LogP contribution in [0.5, 0.6) is 11.5 Å². The Balaban J connectivity index is 2.38. The van der Waals surface area contributed by atoms with Gasteiger partial charge in [-0.05, 0) is 78.1 Å². The topological polar surface area (TPSA) is 9.23 Å². The molecule has 0 bridgehead atoms. The van der Waals surface area contributed by atoms with Gasteiger partial charge in [0.2, 0.25) is 0 Å². The van der Waals surface area contributed by atoms with Crippen LogP contribution in [0.4, 0.5) is 0 Å². The highest BCUT2D eigenvalue weighted by Gasteiger charge is 2.13. The summed E-state index contributed by atoms with van der Waals surface area (Å²) in [6.45, 7) is 0. The number of halogens is 5. The van der Waals surface area contributed by atoms with Gasteiger partial charge in [-0.3, -0.25) is 0 Å². The van der Waals surface area contributed by atoms with Gasteiger partial charge >= 0.3 is 0 Å². The van der Waals surface area contributed by atoms with Gasteiger partial charge in [-0.1, -0.05) is 23.2 Å². The Morgan fingerprint density at radius 3 is 2.11 bits per heavy atom. The van der Waals surface area contributed by atoms with Crippen LogP contribution in [0.2, 0.25) is 10.0 Å². The van der Waals surface area contributed by atoms with Crippen molar-refractivity contribution in [1.29, 1.82) is 0 Å². The van der Waals surface area contributed by atoms with Crippen molar-refractivity contribution in [2.45, 2.75) is 0 Å². The first-order valence-electron chi connectivity index (χ1n) is 4.75. The van der Waals surface area contributed by atoms with Crippen molar-refractivity contribution in [1.82, 2.24) is 0 Å². The zero-order valence-corrected chi connectivity index (χ0v) is 15.0. The van der Waals surface area contributed by atoms with E-state index in [9.17, 15) is 0 Å². The van der Waals surface area contributed by atoms with E-state index in [1.807, 2.05) is 0 Å². The molecule has 0 aliphatic rings. The maximum Gasteiger partial charge on any atom is 0.143 e. The van der Waals surface area contributed by atoms with Gasteiger partial charge in [0, 0.05) is 9.50 Å². The fourth-order valence-electron chi connectivity index (χ4n) is 1.26. The fourth-order valence-corrected chi connectivity index (χ4v) is 3.12. The van der Waals surface area contributed by atoms with Gasteiger partial charge in [0.05, 0.1) is 14.0 Å². The molecule has 0 saturated carbocycles. The zero-order chi connectivity index (χ0) is 13.3. The first kappa shape index (κ1) is 14.7. The van der Waals surface area contributed by atoms with Crippen molar-refractivity contribution in [2.24, 2.45) is 0 Å². The van der Waals surface area contributed by atoms with Crippen LogP contribution in [0.15, 0.2) is 43.7 Å². The summed E-state index contributed by atoms with van der Waals surface area (Å²) in [4.78, 5) is 0. The van der Waals surface area contributed by atoms with Crippen molar-refractivity contribution >= 4 is 71.0 Å².